The van der Waals surface area contributed by atoms with Crippen LogP contribution in [-0.4, -0.2) is 82.0 Å². The van der Waals surface area contributed by atoms with E-state index >= 15 is 13.6 Å². The number of aromatic nitrogens is 8. The predicted molar refractivity (Wildman–Crippen MR) is 248 cm³/mol. The molecule has 0 bridgehead atoms. The Morgan fingerprint density at radius 2 is 1.63 bits per heavy atom. The van der Waals surface area contributed by atoms with E-state index in [1.165, 1.54) is 20.9 Å². The highest BCUT2D eigenvalue weighted by Gasteiger charge is 2.59. The zero-order chi connectivity index (χ0) is 47.0. The number of benzene rings is 3. The molecular weight excluding hydrogens is 873 g/mol. The molecule has 4 aliphatic rings. The molecule has 3 atom stereocenters. The molecule has 3 aromatic carbocycles. The summed E-state index contributed by atoms with van der Waals surface area (Å²) in [6.07, 6.45) is 7.76. The number of imidazole rings is 1. The molecule has 1 aliphatic carbocycles. The first kappa shape index (κ1) is 42.5. The minimum Gasteiger partial charge on any atom is -0.381 e. The van der Waals surface area contributed by atoms with E-state index < -0.39 is 28.8 Å². The molecular formula is C51H51F2N9O6. The molecule has 8 heterocycles. The van der Waals surface area contributed by atoms with Crippen LogP contribution in [0.3, 0.4) is 0 Å². The summed E-state index contributed by atoms with van der Waals surface area (Å²) in [5.74, 6) is -0.766. The number of carbonyl (C=O) groups is 1. The Kier molecular flexibility index (Phi) is 9.58. The molecule has 3 aliphatic heterocycles. The van der Waals surface area contributed by atoms with Gasteiger partial charge < -0.3 is 23.5 Å². The topological polar surface area (TPSA) is 152 Å². The van der Waals surface area contributed by atoms with Crippen LogP contribution in [0.15, 0.2) is 87.3 Å². The van der Waals surface area contributed by atoms with E-state index in [-0.39, 0.29) is 28.7 Å². The van der Waals surface area contributed by atoms with E-state index in [4.69, 9.17) is 19.1 Å². The Morgan fingerprint density at radius 3 is 2.32 bits per heavy atom. The van der Waals surface area contributed by atoms with E-state index in [0.717, 1.165) is 29.3 Å². The van der Waals surface area contributed by atoms with E-state index in [0.29, 0.717) is 109 Å². The SMILES string of the molecule is Cc1cc(-n2nc3c(c2-n2ccn(-c4ccc5c(ccn5CC5(C)COC5)c4F)c2=O)[C@H](C)N(C(=O)c2cc4cc(C5CCOCC5)ccc4n2[C@@]2(c4noc(=O)[nH]4)C[C@@H]2C)CC3)cc(C)c1F. The molecule has 350 valence electrons. The summed E-state index contributed by atoms with van der Waals surface area (Å²) in [6.45, 7) is 13.1. The molecule has 5 aromatic heterocycles. The van der Waals surface area contributed by atoms with Gasteiger partial charge in [0.2, 0.25) is 0 Å². The molecule has 3 fully saturated rings. The highest BCUT2D eigenvalue weighted by Crippen LogP contribution is 2.56. The summed E-state index contributed by atoms with van der Waals surface area (Å²) in [4.78, 5) is 47.5. The molecule has 15 nitrogen and oxygen atoms in total. The van der Waals surface area contributed by atoms with E-state index in [1.807, 2.05) is 34.4 Å². The maximum atomic E-state index is 16.6. The fourth-order valence-corrected chi connectivity index (χ4v) is 11.4. The molecule has 1 N–H and O–H groups in total. The number of hydrogen-bond acceptors (Lipinski definition) is 8. The van der Waals surface area contributed by atoms with Gasteiger partial charge in [0.25, 0.3) is 5.91 Å². The Morgan fingerprint density at radius 1 is 0.897 bits per heavy atom. The maximum Gasteiger partial charge on any atom is 0.438 e. The lowest BCUT2D eigenvalue weighted by Crippen LogP contribution is -2.42. The van der Waals surface area contributed by atoms with Crippen LogP contribution in [0, 0.1) is 36.8 Å². The lowest BCUT2D eigenvalue weighted by molar-refractivity contribution is -0.109. The number of aromatic amines is 1. The number of hydrogen-bond donors (Lipinski definition) is 1. The highest BCUT2D eigenvalue weighted by atomic mass is 19.1. The Hall–Kier alpha value is -6.85. The largest absolute Gasteiger partial charge is 0.438 e. The number of rotatable bonds is 9. The number of nitrogens with zero attached hydrogens (tertiary/aromatic N) is 8. The monoisotopic (exact) mass is 923 g/mol. The van der Waals surface area contributed by atoms with Gasteiger partial charge >= 0.3 is 11.4 Å². The molecule has 2 saturated heterocycles. The van der Waals surface area contributed by atoms with E-state index in [2.05, 4.69) is 42.2 Å². The van der Waals surface area contributed by atoms with Crippen LogP contribution in [-0.2, 0) is 28.0 Å². The fraction of sp³-hybridized carbons (Fsp3) is 0.392. The second-order valence-electron chi connectivity index (χ2n) is 19.9. The Bertz CT molecular complexity index is 3460. The summed E-state index contributed by atoms with van der Waals surface area (Å²) in [5.41, 5.74) is 4.42. The van der Waals surface area contributed by atoms with E-state index in [1.54, 1.807) is 53.9 Å². The number of nitrogens with one attached hydrogen (secondary N) is 1. The number of halogens is 2. The zero-order valence-corrected chi connectivity index (χ0v) is 38.5. The third kappa shape index (κ3) is 6.37. The van der Waals surface area contributed by atoms with Gasteiger partial charge in [-0.15, -0.1) is 0 Å². The Balaban J connectivity index is 0.980. The van der Waals surface area contributed by atoms with Gasteiger partial charge in [-0.1, -0.05) is 25.1 Å². The van der Waals surface area contributed by atoms with Crippen molar-refractivity contribution in [1.82, 2.24) is 43.1 Å². The quantitative estimate of drug-likeness (QED) is 0.154. The van der Waals surface area contributed by atoms with Gasteiger partial charge in [-0.3, -0.25) is 23.4 Å². The van der Waals surface area contributed by atoms with Crippen LogP contribution in [0.25, 0.3) is 39.0 Å². The van der Waals surface area contributed by atoms with Crippen molar-refractivity contribution in [2.45, 2.75) is 84.3 Å². The normalized spacial score (nSPS) is 21.4. The number of amides is 1. The molecule has 8 aromatic rings. The molecule has 0 radical (unpaired) electrons. The highest BCUT2D eigenvalue weighted by molar-refractivity contribution is 6.00. The maximum absolute atomic E-state index is 16.6. The minimum atomic E-state index is -0.849. The molecule has 0 unspecified atom stereocenters. The number of H-pyrrole nitrogens is 1. The standard InChI is InChI=1S/C51H51F2N9O6/c1-28-20-35(21-29(2)43(28)52)62-45(60-17-16-59(49(60)65)40-9-8-39-36(44(40)53)10-14-57(39)25-50(5)26-67-27-50)42-31(4)58(15-11-37(42)55-62)46(63)41-23-34-22-33(32-12-18-66-19-13-32)6-7-38(34)61(41)51(24-30(51)3)47-54-48(64)68-56-47/h6-10,14,16-17,20-23,30-32H,11-13,15,18-19,24-27H2,1-5H3,(H,54,56,64)/t30-,31-,51-/m0/s1. The van der Waals surface area contributed by atoms with Gasteiger partial charge in [-0.25, -0.2) is 23.1 Å². The van der Waals surface area contributed by atoms with Crippen LogP contribution in [0.4, 0.5) is 8.78 Å². The van der Waals surface area contributed by atoms with Gasteiger partial charge in [0.15, 0.2) is 11.6 Å². The molecule has 0 spiro atoms. The van der Waals surface area contributed by atoms with Crippen molar-refractivity contribution in [2.75, 3.05) is 33.0 Å². The van der Waals surface area contributed by atoms with Crippen LogP contribution >= 0.6 is 0 Å². The zero-order valence-electron chi connectivity index (χ0n) is 38.5. The average molecular weight is 924 g/mol. The number of aryl methyl sites for hydroxylation is 2. The smallest absolute Gasteiger partial charge is 0.381 e. The van der Waals surface area contributed by atoms with Crippen LogP contribution < -0.4 is 11.4 Å². The van der Waals surface area contributed by atoms with Crippen molar-refractivity contribution in [3.05, 3.63) is 145 Å². The van der Waals surface area contributed by atoms with Gasteiger partial charge in [0.1, 0.15) is 22.9 Å². The molecule has 12 rings (SSSR count). The van der Waals surface area contributed by atoms with Crippen LogP contribution in [0.2, 0.25) is 0 Å². The lowest BCUT2D eigenvalue weighted by atomic mass is 9.88. The third-order valence-electron chi connectivity index (χ3n) is 15.2. The number of fused-ring (bicyclic) bond motifs is 3. The first-order valence-corrected chi connectivity index (χ1v) is 23.4. The predicted octanol–water partition coefficient (Wildman–Crippen LogP) is 7.77. The lowest BCUT2D eigenvalue weighted by Gasteiger charge is -2.38. The molecule has 17 heteroatoms. The summed E-state index contributed by atoms with van der Waals surface area (Å²) >= 11 is 0. The van der Waals surface area contributed by atoms with Crippen molar-refractivity contribution in [3.8, 4) is 17.2 Å². The van der Waals surface area contributed by atoms with Gasteiger partial charge in [-0.2, -0.15) is 5.10 Å². The van der Waals surface area contributed by atoms with Crippen LogP contribution in [0.5, 0.6) is 0 Å². The molecule has 1 saturated carbocycles. The average Bonchev–Trinajstić information content (AvgIpc) is 3.96. The summed E-state index contributed by atoms with van der Waals surface area (Å²) in [7, 11) is 0. The summed E-state index contributed by atoms with van der Waals surface area (Å²) in [6, 6.07) is 16.2. The van der Waals surface area contributed by atoms with Crippen molar-refractivity contribution in [3.63, 3.8) is 0 Å². The number of ether oxygens (including phenoxy) is 2. The summed E-state index contributed by atoms with van der Waals surface area (Å²) in [5, 5.41) is 10.6. The van der Waals surface area contributed by atoms with E-state index in [9.17, 15) is 9.59 Å². The van der Waals surface area contributed by atoms with Crippen molar-refractivity contribution >= 4 is 27.7 Å². The van der Waals surface area contributed by atoms with Gasteiger partial charge in [0, 0.05) is 78.6 Å². The minimum absolute atomic E-state index is 0.00525. The second kappa shape index (κ2) is 15.3. The first-order chi connectivity index (χ1) is 32.7. The number of carbonyl (C=O) groups excluding carboxylic acids is 1. The first-order valence-electron chi connectivity index (χ1n) is 23.4. The molecule has 68 heavy (non-hydrogen) atoms. The van der Waals surface area contributed by atoms with Crippen molar-refractivity contribution in [1.29, 1.82) is 0 Å². The van der Waals surface area contributed by atoms with Gasteiger partial charge in [0.05, 0.1) is 41.8 Å². The molecule has 1 amide bonds. The van der Waals surface area contributed by atoms with Crippen molar-refractivity contribution in [2.24, 2.45) is 11.3 Å². The van der Waals surface area contributed by atoms with Crippen LogP contribution in [0.1, 0.15) is 96.3 Å². The van der Waals surface area contributed by atoms with Crippen molar-refractivity contribution < 1.29 is 27.6 Å². The summed E-state index contributed by atoms with van der Waals surface area (Å²) < 4.78 is 56.4. The third-order valence-corrected chi connectivity index (χ3v) is 15.2. The fourth-order valence-electron chi connectivity index (χ4n) is 11.4. The van der Waals surface area contributed by atoms with Gasteiger partial charge in [-0.05, 0) is 117 Å². The Labute approximate surface area is 388 Å². The second-order valence-corrected chi connectivity index (χ2v) is 19.9.